The van der Waals surface area contributed by atoms with E-state index in [2.05, 4.69) is 21.2 Å². The number of hydrogen-bond donors (Lipinski definition) is 1. The van der Waals surface area contributed by atoms with Crippen molar-refractivity contribution in [2.45, 2.75) is 19.1 Å². The summed E-state index contributed by atoms with van der Waals surface area (Å²) in [5, 5.41) is 3.30. The van der Waals surface area contributed by atoms with Crippen molar-refractivity contribution in [2.75, 3.05) is 20.1 Å². The van der Waals surface area contributed by atoms with E-state index in [1.165, 1.54) is 0 Å². The number of carbonyl (C=O) groups is 1. The number of ether oxygens (including phenoxy) is 1. The van der Waals surface area contributed by atoms with Gasteiger partial charge in [-0.2, -0.15) is 0 Å². The number of hydrogen-bond acceptors (Lipinski definition) is 3. The van der Waals surface area contributed by atoms with Gasteiger partial charge in [-0.25, -0.2) is 0 Å². The number of likely N-dealkylation sites (N-methyl/N-ethyl adjacent to an activating group) is 1. The third-order valence-corrected chi connectivity index (χ3v) is 4.80. The van der Waals surface area contributed by atoms with E-state index in [1.807, 2.05) is 60.5 Å². The highest BCUT2D eigenvalue weighted by molar-refractivity contribution is 9.10. The lowest BCUT2D eigenvalue weighted by molar-refractivity contribution is 0.0739. The zero-order valence-electron chi connectivity index (χ0n) is 13.7. The molecule has 1 N–H and O–H groups in total. The number of carbonyl (C=O) groups excluding carboxylic acids is 1. The molecule has 3 rings (SSSR count). The Kier molecular flexibility index (Phi) is 5.53. The fourth-order valence-corrected chi connectivity index (χ4v) is 3.33. The lowest BCUT2D eigenvalue weighted by atomic mass is 10.1. The normalized spacial score (nSPS) is 16.8. The second-order valence-corrected chi connectivity index (χ2v) is 6.89. The van der Waals surface area contributed by atoms with E-state index in [4.69, 9.17) is 4.74 Å². The molecule has 1 aliphatic rings. The fraction of sp³-hybridized carbons (Fsp3) is 0.316. The maximum Gasteiger partial charge on any atom is 0.257 e. The highest BCUT2D eigenvalue weighted by Gasteiger charge is 2.25. The predicted molar refractivity (Wildman–Crippen MR) is 98.3 cm³/mol. The van der Waals surface area contributed by atoms with Gasteiger partial charge in [0.2, 0.25) is 0 Å². The molecule has 1 amide bonds. The Morgan fingerprint density at radius 1 is 1.29 bits per heavy atom. The Balaban J connectivity index is 1.73. The Labute approximate surface area is 150 Å². The first-order valence-corrected chi connectivity index (χ1v) is 8.88. The van der Waals surface area contributed by atoms with Crippen molar-refractivity contribution in [1.29, 1.82) is 0 Å². The van der Waals surface area contributed by atoms with Crippen LogP contribution in [0.5, 0.6) is 5.75 Å². The molecule has 1 aliphatic heterocycles. The summed E-state index contributed by atoms with van der Waals surface area (Å²) in [5.41, 5.74) is 1.67. The minimum atomic E-state index is 0.00791. The molecule has 0 spiro atoms. The van der Waals surface area contributed by atoms with Crippen molar-refractivity contribution >= 4 is 21.8 Å². The summed E-state index contributed by atoms with van der Waals surface area (Å²) in [5.74, 6) is 0.633. The summed E-state index contributed by atoms with van der Waals surface area (Å²) in [4.78, 5) is 14.6. The van der Waals surface area contributed by atoms with Crippen LogP contribution in [0.3, 0.4) is 0 Å². The van der Waals surface area contributed by atoms with E-state index in [9.17, 15) is 4.79 Å². The lowest BCUT2D eigenvalue weighted by Crippen LogP contribution is -2.38. The molecule has 0 radical (unpaired) electrons. The number of amides is 1. The molecule has 2 aromatic carbocycles. The van der Waals surface area contributed by atoms with Crippen molar-refractivity contribution in [1.82, 2.24) is 10.2 Å². The summed E-state index contributed by atoms with van der Waals surface area (Å²) in [6, 6.07) is 15.7. The lowest BCUT2D eigenvalue weighted by Gasteiger charge is -2.24. The Bertz CT molecular complexity index is 714. The van der Waals surface area contributed by atoms with Gasteiger partial charge in [0.25, 0.3) is 5.91 Å². The molecule has 1 unspecified atom stereocenters. The van der Waals surface area contributed by atoms with Crippen LogP contribution in [0.1, 0.15) is 22.3 Å². The Morgan fingerprint density at radius 3 is 2.88 bits per heavy atom. The molecule has 0 saturated carbocycles. The molecule has 2 aromatic rings. The molecule has 5 heteroatoms. The number of nitrogens with one attached hydrogen (secondary N) is 1. The van der Waals surface area contributed by atoms with Crippen LogP contribution in [-0.4, -0.2) is 37.0 Å². The van der Waals surface area contributed by atoms with E-state index in [1.54, 1.807) is 0 Å². The first kappa shape index (κ1) is 17.0. The average molecular weight is 389 g/mol. The van der Waals surface area contributed by atoms with Gasteiger partial charge in [-0.1, -0.05) is 40.2 Å². The molecule has 1 atom stereocenters. The Morgan fingerprint density at radius 2 is 2.12 bits per heavy atom. The van der Waals surface area contributed by atoms with E-state index in [0.29, 0.717) is 17.9 Å². The van der Waals surface area contributed by atoms with Gasteiger partial charge in [0.1, 0.15) is 12.4 Å². The van der Waals surface area contributed by atoms with Crippen LogP contribution in [0, 0.1) is 0 Å². The molecule has 1 saturated heterocycles. The zero-order valence-corrected chi connectivity index (χ0v) is 15.3. The second kappa shape index (κ2) is 7.81. The zero-order chi connectivity index (χ0) is 16.9. The topological polar surface area (TPSA) is 41.6 Å². The van der Waals surface area contributed by atoms with Crippen LogP contribution in [0.2, 0.25) is 0 Å². The summed E-state index contributed by atoms with van der Waals surface area (Å²) < 4.78 is 6.94. The molecular formula is C19H21BrN2O2. The maximum atomic E-state index is 12.8. The number of para-hydroxylation sites is 1. The van der Waals surface area contributed by atoms with Crippen LogP contribution in [0.15, 0.2) is 53.0 Å². The number of halogens is 1. The first-order valence-electron chi connectivity index (χ1n) is 8.09. The molecule has 1 fully saturated rings. The van der Waals surface area contributed by atoms with Crippen molar-refractivity contribution in [2.24, 2.45) is 0 Å². The number of nitrogens with zero attached hydrogens (tertiary/aromatic N) is 1. The van der Waals surface area contributed by atoms with Gasteiger partial charge in [0.15, 0.2) is 0 Å². The van der Waals surface area contributed by atoms with Crippen molar-refractivity contribution in [3.8, 4) is 5.75 Å². The van der Waals surface area contributed by atoms with Gasteiger partial charge in [0, 0.05) is 24.1 Å². The number of benzene rings is 2. The SMILES string of the molecule is CN(C(=O)c1ccccc1OCc1cccc(Br)c1)C1CCNC1. The van der Waals surface area contributed by atoms with Crippen LogP contribution in [0.4, 0.5) is 0 Å². The minimum absolute atomic E-state index is 0.00791. The standard InChI is InChI=1S/C19H21BrN2O2/c1-22(16-9-10-21-12-16)19(23)17-7-2-3-8-18(17)24-13-14-5-4-6-15(20)11-14/h2-8,11,16,21H,9-10,12-13H2,1H3. The smallest absolute Gasteiger partial charge is 0.257 e. The second-order valence-electron chi connectivity index (χ2n) is 5.98. The van der Waals surface area contributed by atoms with Gasteiger partial charge in [-0.05, 0) is 42.8 Å². The predicted octanol–water partition coefficient (Wildman–Crippen LogP) is 3.46. The van der Waals surface area contributed by atoms with E-state index >= 15 is 0 Å². The van der Waals surface area contributed by atoms with E-state index < -0.39 is 0 Å². The molecule has 24 heavy (non-hydrogen) atoms. The van der Waals surface area contributed by atoms with Crippen LogP contribution >= 0.6 is 15.9 Å². The van der Waals surface area contributed by atoms with Crippen molar-refractivity contribution in [3.05, 3.63) is 64.1 Å². The highest BCUT2D eigenvalue weighted by atomic mass is 79.9. The van der Waals surface area contributed by atoms with Gasteiger partial charge < -0.3 is 15.0 Å². The summed E-state index contributed by atoms with van der Waals surface area (Å²) in [6.07, 6.45) is 0.989. The van der Waals surface area contributed by atoms with Crippen molar-refractivity contribution < 1.29 is 9.53 Å². The fourth-order valence-electron chi connectivity index (χ4n) is 2.88. The van der Waals surface area contributed by atoms with Crippen molar-refractivity contribution in [3.63, 3.8) is 0 Å². The summed E-state index contributed by atoms with van der Waals surface area (Å²) in [7, 11) is 1.87. The molecule has 4 nitrogen and oxygen atoms in total. The van der Waals surface area contributed by atoms with Gasteiger partial charge in [-0.15, -0.1) is 0 Å². The summed E-state index contributed by atoms with van der Waals surface area (Å²) in [6.45, 7) is 2.24. The number of rotatable bonds is 5. The monoisotopic (exact) mass is 388 g/mol. The van der Waals surface area contributed by atoms with E-state index in [0.717, 1.165) is 29.5 Å². The van der Waals surface area contributed by atoms with Crippen LogP contribution in [0.25, 0.3) is 0 Å². The van der Waals surface area contributed by atoms with Gasteiger partial charge >= 0.3 is 0 Å². The van der Waals surface area contributed by atoms with Crippen LogP contribution in [-0.2, 0) is 6.61 Å². The molecule has 0 aromatic heterocycles. The largest absolute Gasteiger partial charge is 0.488 e. The quantitative estimate of drug-likeness (QED) is 0.852. The molecule has 126 valence electrons. The first-order chi connectivity index (χ1) is 11.6. The minimum Gasteiger partial charge on any atom is -0.488 e. The van der Waals surface area contributed by atoms with Crippen LogP contribution < -0.4 is 10.1 Å². The molecule has 1 heterocycles. The third kappa shape index (κ3) is 3.97. The third-order valence-electron chi connectivity index (χ3n) is 4.30. The highest BCUT2D eigenvalue weighted by Crippen LogP contribution is 2.23. The molecular weight excluding hydrogens is 368 g/mol. The van der Waals surface area contributed by atoms with E-state index in [-0.39, 0.29) is 11.9 Å². The van der Waals surface area contributed by atoms with Gasteiger partial charge in [-0.3, -0.25) is 4.79 Å². The average Bonchev–Trinajstić information content (AvgIpc) is 3.13. The Hall–Kier alpha value is -1.85. The molecule has 0 bridgehead atoms. The van der Waals surface area contributed by atoms with Gasteiger partial charge in [0.05, 0.1) is 5.56 Å². The maximum absolute atomic E-state index is 12.8. The summed E-state index contributed by atoms with van der Waals surface area (Å²) >= 11 is 3.46. The molecule has 0 aliphatic carbocycles.